The molecule has 2 aliphatic heterocycles. The van der Waals surface area contributed by atoms with Crippen LogP contribution in [0.5, 0.6) is 17.2 Å². The zero-order chi connectivity index (χ0) is 33.6. The van der Waals surface area contributed by atoms with Gasteiger partial charge in [0.15, 0.2) is 0 Å². The molecule has 3 fully saturated rings. The van der Waals surface area contributed by atoms with Gasteiger partial charge in [-0.15, -0.1) is 6.58 Å². The lowest BCUT2D eigenvalue weighted by Gasteiger charge is -2.46. The van der Waals surface area contributed by atoms with Crippen LogP contribution in [0.1, 0.15) is 50.8 Å². The molecule has 0 radical (unpaired) electrons. The third kappa shape index (κ3) is 7.73. The van der Waals surface area contributed by atoms with Crippen molar-refractivity contribution in [3.8, 4) is 17.2 Å². The van der Waals surface area contributed by atoms with Gasteiger partial charge in [0.25, 0.3) is 5.56 Å². The summed E-state index contributed by atoms with van der Waals surface area (Å²) in [5.41, 5.74) is 4.41. The Morgan fingerprint density at radius 2 is 1.85 bits per heavy atom. The highest BCUT2D eigenvalue weighted by molar-refractivity contribution is 5.99. The standard InChI is InChI=1S/C32H37N5O4.C6H12/c1-21-12-24(14-29(38)37(21)2)41-20-31-16-32(17-31,36-18-31)19-35-27-7-5-6-26-25(27)10-11-33-30(26)34-15-22-8-9-23(39-3)13-28(22)40-4;1-4-5-6(2)3/h5-14,35-36H,15-20H2,1-4H3,(H,33,34);2,4-5H2,1,3H3. The van der Waals surface area contributed by atoms with Crippen molar-refractivity contribution in [1.82, 2.24) is 14.9 Å². The van der Waals surface area contributed by atoms with Gasteiger partial charge in [0.1, 0.15) is 23.1 Å². The molecular weight excluding hydrogens is 590 g/mol. The molecule has 0 amide bonds. The minimum absolute atomic E-state index is 0.0432. The molecule has 2 aromatic carbocycles. The van der Waals surface area contributed by atoms with E-state index in [-0.39, 0.29) is 16.5 Å². The molecule has 3 N–H and O–H groups in total. The molecule has 9 nitrogen and oxygen atoms in total. The van der Waals surface area contributed by atoms with Crippen molar-refractivity contribution in [2.75, 3.05) is 44.5 Å². The Hall–Kier alpha value is -4.50. The van der Waals surface area contributed by atoms with Gasteiger partial charge in [-0.25, -0.2) is 4.98 Å². The van der Waals surface area contributed by atoms with Crippen molar-refractivity contribution in [3.05, 3.63) is 94.6 Å². The maximum absolute atomic E-state index is 12.1. The van der Waals surface area contributed by atoms with Crippen molar-refractivity contribution < 1.29 is 14.2 Å². The number of hydrogen-bond acceptors (Lipinski definition) is 8. The third-order valence-corrected chi connectivity index (χ3v) is 9.33. The summed E-state index contributed by atoms with van der Waals surface area (Å²) in [5, 5.41) is 13.1. The summed E-state index contributed by atoms with van der Waals surface area (Å²) in [5.74, 6) is 3.01. The Bertz CT molecular complexity index is 1780. The number of allylic oxidation sites excluding steroid dienone is 1. The number of methoxy groups -OCH3 is 2. The first-order valence-corrected chi connectivity index (χ1v) is 16.4. The van der Waals surface area contributed by atoms with Gasteiger partial charge in [-0.2, -0.15) is 0 Å². The van der Waals surface area contributed by atoms with Gasteiger partial charge >= 0.3 is 0 Å². The molecule has 2 bridgehead atoms. The molecular formula is C38H49N5O4. The number of pyridine rings is 2. The van der Waals surface area contributed by atoms with E-state index in [2.05, 4.69) is 65.6 Å². The molecule has 2 saturated heterocycles. The van der Waals surface area contributed by atoms with E-state index in [1.54, 1.807) is 31.9 Å². The smallest absolute Gasteiger partial charge is 0.254 e. The van der Waals surface area contributed by atoms with Crippen molar-refractivity contribution >= 4 is 22.3 Å². The molecule has 7 rings (SSSR count). The zero-order valence-corrected chi connectivity index (χ0v) is 28.7. The molecule has 2 aromatic heterocycles. The number of ether oxygens (including phenoxy) is 3. The summed E-state index contributed by atoms with van der Waals surface area (Å²) < 4.78 is 18.6. The number of aromatic nitrogens is 2. The first-order chi connectivity index (χ1) is 22.6. The van der Waals surface area contributed by atoms with Crippen LogP contribution < -0.4 is 35.7 Å². The van der Waals surface area contributed by atoms with E-state index in [0.29, 0.717) is 18.9 Å². The van der Waals surface area contributed by atoms with E-state index in [1.807, 2.05) is 37.4 Å². The number of hydrogen-bond donors (Lipinski definition) is 3. The van der Waals surface area contributed by atoms with Crippen LogP contribution in [-0.4, -0.2) is 49.0 Å². The topological polar surface area (TPSA) is 98.7 Å². The molecule has 4 aromatic rings. The monoisotopic (exact) mass is 639 g/mol. The van der Waals surface area contributed by atoms with Crippen molar-refractivity contribution in [2.24, 2.45) is 12.5 Å². The summed E-state index contributed by atoms with van der Waals surface area (Å²) >= 11 is 0. The van der Waals surface area contributed by atoms with Crippen LogP contribution >= 0.6 is 0 Å². The molecule has 47 heavy (non-hydrogen) atoms. The SMILES string of the molecule is C=C(C)CCC.COc1ccc(CNc2nccc3c(NCC45CC(COc6cc(C)n(C)c(=O)c6)(CN4)C5)cccc23)c(OC)c1. The van der Waals surface area contributed by atoms with E-state index >= 15 is 0 Å². The van der Waals surface area contributed by atoms with Gasteiger partial charge in [0.05, 0.1) is 20.8 Å². The second kappa shape index (κ2) is 14.5. The Morgan fingerprint density at radius 1 is 1.04 bits per heavy atom. The fourth-order valence-corrected chi connectivity index (χ4v) is 6.78. The fourth-order valence-electron chi connectivity index (χ4n) is 6.78. The quantitative estimate of drug-likeness (QED) is 0.137. The number of rotatable bonds is 13. The number of nitrogens with zero attached hydrogens (tertiary/aromatic N) is 2. The van der Waals surface area contributed by atoms with Gasteiger partial charge in [-0.05, 0) is 63.4 Å². The van der Waals surface area contributed by atoms with E-state index in [0.717, 1.165) is 71.0 Å². The molecule has 4 heterocycles. The van der Waals surface area contributed by atoms with Crippen molar-refractivity contribution in [1.29, 1.82) is 0 Å². The summed E-state index contributed by atoms with van der Waals surface area (Å²) in [6.07, 6.45) is 6.34. The van der Waals surface area contributed by atoms with Crippen LogP contribution in [0.2, 0.25) is 0 Å². The molecule has 0 unspecified atom stereocenters. The number of aryl methyl sites for hydroxylation is 1. The van der Waals surface area contributed by atoms with Crippen LogP contribution in [0.4, 0.5) is 11.5 Å². The Kier molecular flexibility index (Phi) is 10.4. The average molecular weight is 640 g/mol. The van der Waals surface area contributed by atoms with Crippen LogP contribution in [0.15, 0.2) is 77.7 Å². The van der Waals surface area contributed by atoms with E-state index in [4.69, 9.17) is 14.2 Å². The lowest BCUT2D eigenvalue weighted by Crippen LogP contribution is -2.54. The minimum Gasteiger partial charge on any atom is -0.497 e. The first-order valence-electron chi connectivity index (χ1n) is 16.4. The van der Waals surface area contributed by atoms with Crippen molar-refractivity contribution in [3.63, 3.8) is 0 Å². The highest BCUT2D eigenvalue weighted by atomic mass is 16.5. The normalized spacial score (nSPS) is 19.3. The lowest BCUT2D eigenvalue weighted by molar-refractivity contribution is 0.0599. The highest BCUT2D eigenvalue weighted by Crippen LogP contribution is 2.54. The predicted octanol–water partition coefficient (Wildman–Crippen LogP) is 6.85. The van der Waals surface area contributed by atoms with E-state index in [1.165, 1.54) is 18.4 Å². The Labute approximate surface area is 278 Å². The number of benzene rings is 2. The van der Waals surface area contributed by atoms with Gasteiger partial charge in [-0.1, -0.05) is 31.1 Å². The van der Waals surface area contributed by atoms with Gasteiger partial charge in [0.2, 0.25) is 0 Å². The fraction of sp³-hybridized carbons (Fsp3) is 0.421. The van der Waals surface area contributed by atoms with Gasteiger partial charge in [0, 0.05) is 83.7 Å². The van der Waals surface area contributed by atoms with Crippen LogP contribution in [0.25, 0.3) is 10.8 Å². The van der Waals surface area contributed by atoms with Crippen LogP contribution in [0, 0.1) is 12.3 Å². The van der Waals surface area contributed by atoms with E-state index in [9.17, 15) is 4.79 Å². The number of fused-ring (bicyclic) bond motifs is 2. The second-order valence-electron chi connectivity index (χ2n) is 13.2. The summed E-state index contributed by atoms with van der Waals surface area (Å²) in [6, 6.07) is 17.7. The maximum atomic E-state index is 12.1. The summed E-state index contributed by atoms with van der Waals surface area (Å²) in [7, 11) is 5.09. The Balaban J connectivity index is 0.000000662. The minimum atomic E-state index is -0.0432. The highest BCUT2D eigenvalue weighted by Gasteiger charge is 2.60. The predicted molar refractivity (Wildman–Crippen MR) is 191 cm³/mol. The maximum Gasteiger partial charge on any atom is 0.254 e. The summed E-state index contributed by atoms with van der Waals surface area (Å²) in [4.78, 5) is 16.8. The van der Waals surface area contributed by atoms with Crippen LogP contribution in [0.3, 0.4) is 0 Å². The average Bonchev–Trinajstić information content (AvgIpc) is 3.60. The molecule has 250 valence electrons. The van der Waals surface area contributed by atoms with E-state index < -0.39 is 0 Å². The number of nitrogens with one attached hydrogen (secondary N) is 3. The lowest BCUT2D eigenvalue weighted by atomic mass is 9.62. The molecule has 1 saturated carbocycles. The Morgan fingerprint density at radius 3 is 2.53 bits per heavy atom. The van der Waals surface area contributed by atoms with Crippen LogP contribution in [-0.2, 0) is 13.6 Å². The van der Waals surface area contributed by atoms with Crippen molar-refractivity contribution in [2.45, 2.75) is 58.5 Å². The number of anilines is 2. The summed E-state index contributed by atoms with van der Waals surface area (Å²) in [6.45, 7) is 12.8. The second-order valence-corrected chi connectivity index (χ2v) is 13.2. The molecule has 0 spiro atoms. The third-order valence-electron chi connectivity index (χ3n) is 9.33. The zero-order valence-electron chi connectivity index (χ0n) is 28.7. The molecule has 9 heteroatoms. The van der Waals surface area contributed by atoms with Gasteiger partial charge < -0.3 is 34.7 Å². The first kappa shape index (κ1) is 33.9. The molecule has 0 atom stereocenters. The van der Waals surface area contributed by atoms with Gasteiger partial charge in [-0.3, -0.25) is 4.79 Å². The molecule has 1 aliphatic carbocycles. The molecule has 3 aliphatic rings. The largest absolute Gasteiger partial charge is 0.497 e.